The van der Waals surface area contributed by atoms with Crippen molar-refractivity contribution in [1.82, 2.24) is 0 Å². The van der Waals surface area contributed by atoms with E-state index in [9.17, 15) is 0 Å². The highest BCUT2D eigenvalue weighted by Crippen LogP contribution is 2.22. The molecule has 84 valence electrons. The number of nitrogens with two attached hydrogens (primary N) is 1. The molecule has 2 N–H and O–H groups in total. The van der Waals surface area contributed by atoms with Gasteiger partial charge in [0.2, 0.25) is 0 Å². The summed E-state index contributed by atoms with van der Waals surface area (Å²) in [7, 11) is 0. The average molecular weight is 272 g/mol. The molecule has 15 heavy (non-hydrogen) atoms. The summed E-state index contributed by atoms with van der Waals surface area (Å²) in [5, 5.41) is 0. The molecular formula is C12H18BrNO. The van der Waals surface area contributed by atoms with Crippen molar-refractivity contribution in [3.8, 4) is 5.75 Å². The Balaban J connectivity index is 2.47. The highest BCUT2D eigenvalue weighted by molar-refractivity contribution is 9.10. The van der Waals surface area contributed by atoms with Gasteiger partial charge in [-0.1, -0.05) is 35.7 Å². The van der Waals surface area contributed by atoms with Crippen molar-refractivity contribution in [2.24, 2.45) is 5.73 Å². The maximum absolute atomic E-state index is 5.63. The van der Waals surface area contributed by atoms with E-state index in [2.05, 4.69) is 22.9 Å². The fourth-order valence-electron chi connectivity index (χ4n) is 1.34. The molecule has 3 heteroatoms. The molecule has 0 aromatic heterocycles. The number of unbranched alkanes of at least 4 members (excludes halogenated alkanes) is 2. The van der Waals surface area contributed by atoms with E-state index in [1.165, 1.54) is 12.8 Å². The predicted molar refractivity (Wildman–Crippen MR) is 67.1 cm³/mol. The molecule has 0 radical (unpaired) electrons. The highest BCUT2D eigenvalue weighted by Gasteiger charge is 2.00. The molecule has 1 aromatic rings. The summed E-state index contributed by atoms with van der Waals surface area (Å²) >= 11 is 3.45. The van der Waals surface area contributed by atoms with Gasteiger partial charge in [-0.05, 0) is 30.2 Å². The van der Waals surface area contributed by atoms with Gasteiger partial charge in [0.25, 0.3) is 0 Å². The van der Waals surface area contributed by atoms with Crippen molar-refractivity contribution < 1.29 is 4.74 Å². The Labute approximate surface area is 99.9 Å². The van der Waals surface area contributed by atoms with Gasteiger partial charge in [0.15, 0.2) is 0 Å². The van der Waals surface area contributed by atoms with Crippen LogP contribution < -0.4 is 10.5 Å². The second kappa shape index (κ2) is 6.85. The Hall–Kier alpha value is -0.540. The van der Waals surface area contributed by atoms with Crippen molar-refractivity contribution in [2.45, 2.75) is 32.7 Å². The van der Waals surface area contributed by atoms with E-state index in [0.29, 0.717) is 6.54 Å². The zero-order valence-corrected chi connectivity index (χ0v) is 10.7. The lowest BCUT2D eigenvalue weighted by molar-refractivity contribution is 0.306. The molecule has 0 aliphatic heterocycles. The Morgan fingerprint density at radius 3 is 2.80 bits per heavy atom. The van der Waals surface area contributed by atoms with Crippen LogP contribution in [0.2, 0.25) is 0 Å². The molecule has 0 aliphatic carbocycles. The summed E-state index contributed by atoms with van der Waals surface area (Å²) in [5.74, 6) is 0.912. The summed E-state index contributed by atoms with van der Waals surface area (Å²) in [6, 6.07) is 5.95. The van der Waals surface area contributed by atoms with E-state index >= 15 is 0 Å². The van der Waals surface area contributed by atoms with Gasteiger partial charge in [0, 0.05) is 11.0 Å². The zero-order valence-electron chi connectivity index (χ0n) is 9.13. The standard InChI is InChI=1S/C12H18BrNO/c1-2-3-4-7-15-11-5-6-12(13)10(8-11)9-14/h5-6,8H,2-4,7,9,14H2,1H3. The van der Waals surface area contributed by atoms with Gasteiger partial charge < -0.3 is 10.5 Å². The fourth-order valence-corrected chi connectivity index (χ4v) is 1.75. The predicted octanol–water partition coefficient (Wildman–Crippen LogP) is 3.48. The fraction of sp³-hybridized carbons (Fsp3) is 0.500. The van der Waals surface area contributed by atoms with Gasteiger partial charge in [0.1, 0.15) is 5.75 Å². The number of ether oxygens (including phenoxy) is 1. The molecule has 0 aliphatic rings. The second-order valence-corrected chi connectivity index (χ2v) is 4.37. The van der Waals surface area contributed by atoms with E-state index in [4.69, 9.17) is 10.5 Å². The van der Waals surface area contributed by atoms with Crippen LogP contribution in [0.3, 0.4) is 0 Å². The van der Waals surface area contributed by atoms with E-state index < -0.39 is 0 Å². The average Bonchev–Trinajstić information content (AvgIpc) is 2.26. The monoisotopic (exact) mass is 271 g/mol. The van der Waals surface area contributed by atoms with E-state index in [1.807, 2.05) is 18.2 Å². The van der Waals surface area contributed by atoms with Crippen LogP contribution in [0, 0.1) is 0 Å². The molecule has 2 nitrogen and oxygen atoms in total. The van der Waals surface area contributed by atoms with Crippen LogP contribution in [0.4, 0.5) is 0 Å². The Kier molecular flexibility index (Phi) is 5.73. The Morgan fingerprint density at radius 1 is 1.33 bits per heavy atom. The number of halogens is 1. The number of hydrogen-bond acceptors (Lipinski definition) is 2. The minimum atomic E-state index is 0.534. The normalized spacial score (nSPS) is 10.3. The molecule has 0 unspecified atom stereocenters. The van der Waals surface area contributed by atoms with Crippen LogP contribution in [-0.4, -0.2) is 6.61 Å². The van der Waals surface area contributed by atoms with Crippen LogP contribution in [0.1, 0.15) is 31.7 Å². The highest BCUT2D eigenvalue weighted by atomic mass is 79.9. The molecule has 0 saturated carbocycles. The topological polar surface area (TPSA) is 35.2 Å². The second-order valence-electron chi connectivity index (χ2n) is 3.51. The van der Waals surface area contributed by atoms with Gasteiger partial charge in [-0.2, -0.15) is 0 Å². The summed E-state index contributed by atoms with van der Waals surface area (Å²) in [6.07, 6.45) is 3.56. The summed E-state index contributed by atoms with van der Waals surface area (Å²) in [6.45, 7) is 3.51. The molecular weight excluding hydrogens is 254 g/mol. The first kappa shape index (κ1) is 12.5. The molecule has 0 spiro atoms. The third-order valence-electron chi connectivity index (χ3n) is 2.25. The minimum absolute atomic E-state index is 0.534. The third kappa shape index (κ3) is 4.22. The van der Waals surface area contributed by atoms with Crippen LogP contribution >= 0.6 is 15.9 Å². The third-order valence-corrected chi connectivity index (χ3v) is 3.03. The van der Waals surface area contributed by atoms with Crippen molar-refractivity contribution in [3.63, 3.8) is 0 Å². The van der Waals surface area contributed by atoms with Gasteiger partial charge in [-0.25, -0.2) is 0 Å². The molecule has 1 aromatic carbocycles. The minimum Gasteiger partial charge on any atom is -0.494 e. The molecule has 0 saturated heterocycles. The molecule has 0 heterocycles. The van der Waals surface area contributed by atoms with Gasteiger partial charge >= 0.3 is 0 Å². The number of benzene rings is 1. The van der Waals surface area contributed by atoms with Crippen molar-refractivity contribution in [3.05, 3.63) is 28.2 Å². The van der Waals surface area contributed by atoms with E-state index in [-0.39, 0.29) is 0 Å². The van der Waals surface area contributed by atoms with Gasteiger partial charge in [-0.15, -0.1) is 0 Å². The lowest BCUT2D eigenvalue weighted by atomic mass is 10.2. The van der Waals surface area contributed by atoms with Crippen LogP contribution in [-0.2, 0) is 6.54 Å². The summed E-state index contributed by atoms with van der Waals surface area (Å²) in [5.41, 5.74) is 6.70. The van der Waals surface area contributed by atoms with Crippen molar-refractivity contribution in [1.29, 1.82) is 0 Å². The quantitative estimate of drug-likeness (QED) is 0.805. The van der Waals surface area contributed by atoms with Gasteiger partial charge in [-0.3, -0.25) is 0 Å². The first-order chi connectivity index (χ1) is 7.27. The summed E-state index contributed by atoms with van der Waals surface area (Å²) in [4.78, 5) is 0. The molecule has 0 bridgehead atoms. The number of hydrogen-bond donors (Lipinski definition) is 1. The molecule has 0 fully saturated rings. The lowest BCUT2D eigenvalue weighted by Crippen LogP contribution is -2.00. The van der Waals surface area contributed by atoms with Crippen molar-refractivity contribution >= 4 is 15.9 Å². The van der Waals surface area contributed by atoms with E-state index in [0.717, 1.165) is 28.8 Å². The maximum Gasteiger partial charge on any atom is 0.119 e. The maximum atomic E-state index is 5.63. The molecule has 0 amide bonds. The Bertz CT molecular complexity index is 302. The van der Waals surface area contributed by atoms with E-state index in [1.54, 1.807) is 0 Å². The SMILES string of the molecule is CCCCCOc1ccc(Br)c(CN)c1. The smallest absolute Gasteiger partial charge is 0.119 e. The Morgan fingerprint density at radius 2 is 2.13 bits per heavy atom. The zero-order chi connectivity index (χ0) is 11.1. The van der Waals surface area contributed by atoms with Crippen LogP contribution in [0.25, 0.3) is 0 Å². The van der Waals surface area contributed by atoms with Crippen molar-refractivity contribution in [2.75, 3.05) is 6.61 Å². The number of rotatable bonds is 6. The largest absolute Gasteiger partial charge is 0.494 e. The molecule has 1 rings (SSSR count). The lowest BCUT2D eigenvalue weighted by Gasteiger charge is -2.08. The van der Waals surface area contributed by atoms with Crippen LogP contribution in [0.5, 0.6) is 5.75 Å². The first-order valence-corrected chi connectivity index (χ1v) is 6.18. The van der Waals surface area contributed by atoms with Crippen LogP contribution in [0.15, 0.2) is 22.7 Å². The summed E-state index contributed by atoms with van der Waals surface area (Å²) < 4.78 is 6.68. The van der Waals surface area contributed by atoms with Gasteiger partial charge in [0.05, 0.1) is 6.61 Å². The first-order valence-electron chi connectivity index (χ1n) is 5.39. The molecule has 0 atom stereocenters.